The van der Waals surface area contributed by atoms with Gasteiger partial charge >= 0.3 is 5.97 Å². The number of carboxylic acid groups (broad SMARTS) is 1. The second-order valence-electron chi connectivity index (χ2n) is 6.23. The molecule has 0 spiro atoms. The summed E-state index contributed by atoms with van der Waals surface area (Å²) < 4.78 is 5.29. The summed E-state index contributed by atoms with van der Waals surface area (Å²) >= 11 is 6.32. The number of aromatic carboxylic acids is 1. The first-order valence-electron chi connectivity index (χ1n) is 8.43. The van der Waals surface area contributed by atoms with Gasteiger partial charge in [0, 0.05) is 19.5 Å². The van der Waals surface area contributed by atoms with Gasteiger partial charge < -0.3 is 14.4 Å². The normalized spacial score (nSPS) is 14.5. The number of piperidine rings is 1. The van der Waals surface area contributed by atoms with Crippen molar-refractivity contribution in [1.29, 1.82) is 0 Å². The third kappa shape index (κ3) is 4.04. The van der Waals surface area contributed by atoms with E-state index in [0.717, 1.165) is 25.0 Å². The number of halogens is 1. The summed E-state index contributed by atoms with van der Waals surface area (Å²) in [6.07, 6.45) is 5.69. The van der Waals surface area contributed by atoms with Crippen molar-refractivity contribution in [2.45, 2.75) is 32.1 Å². The van der Waals surface area contributed by atoms with Crippen LogP contribution in [0.3, 0.4) is 0 Å². The molecule has 1 aromatic heterocycles. The lowest BCUT2D eigenvalue weighted by atomic mass is 9.98. The van der Waals surface area contributed by atoms with Gasteiger partial charge in [-0.2, -0.15) is 0 Å². The van der Waals surface area contributed by atoms with E-state index in [1.54, 1.807) is 23.3 Å². The summed E-state index contributed by atoms with van der Waals surface area (Å²) in [5.74, 6) is -0.468. The summed E-state index contributed by atoms with van der Waals surface area (Å²) in [4.78, 5) is 26.1. The smallest absolute Gasteiger partial charge is 0.335 e. The predicted molar refractivity (Wildman–Crippen MR) is 94.3 cm³/mol. The number of carbonyl (C=O) groups is 2. The molecule has 1 fully saturated rings. The van der Waals surface area contributed by atoms with Gasteiger partial charge in [0.2, 0.25) is 0 Å². The molecule has 132 valence electrons. The molecule has 6 heteroatoms. The fraction of sp³-hybridized carbons (Fsp3) is 0.368. The van der Waals surface area contributed by atoms with Crippen molar-refractivity contribution >= 4 is 23.5 Å². The molecule has 1 aromatic carbocycles. The van der Waals surface area contributed by atoms with Gasteiger partial charge in [0.1, 0.15) is 5.76 Å². The van der Waals surface area contributed by atoms with Crippen LogP contribution >= 0.6 is 11.6 Å². The fourth-order valence-corrected chi connectivity index (χ4v) is 3.43. The van der Waals surface area contributed by atoms with Crippen LogP contribution in [0, 0.1) is 0 Å². The number of furan rings is 1. The van der Waals surface area contributed by atoms with Crippen LogP contribution < -0.4 is 0 Å². The molecule has 0 saturated carbocycles. The second-order valence-corrected chi connectivity index (χ2v) is 6.63. The first-order chi connectivity index (χ1) is 12.1. The van der Waals surface area contributed by atoms with E-state index < -0.39 is 5.97 Å². The van der Waals surface area contributed by atoms with Crippen molar-refractivity contribution in [2.75, 3.05) is 13.1 Å². The van der Waals surface area contributed by atoms with Crippen LogP contribution in [-0.4, -0.2) is 35.0 Å². The molecule has 0 aliphatic carbocycles. The topological polar surface area (TPSA) is 70.8 Å². The van der Waals surface area contributed by atoms with Gasteiger partial charge in [0.15, 0.2) is 0 Å². The summed E-state index contributed by atoms with van der Waals surface area (Å²) in [6.45, 7) is 1.38. The Morgan fingerprint density at radius 2 is 1.88 bits per heavy atom. The van der Waals surface area contributed by atoms with E-state index in [9.17, 15) is 14.7 Å². The average molecular weight is 362 g/mol. The SMILES string of the molecule is O=C(O)c1cc(C(=O)N2CCCCC2)c(Cl)cc1CCc1ccco1. The van der Waals surface area contributed by atoms with E-state index in [0.29, 0.717) is 36.5 Å². The second kappa shape index (κ2) is 7.74. The Morgan fingerprint density at radius 1 is 1.12 bits per heavy atom. The number of benzene rings is 1. The Bertz CT molecular complexity index is 764. The van der Waals surface area contributed by atoms with Crippen molar-refractivity contribution in [3.8, 4) is 0 Å². The molecule has 1 N–H and O–H groups in total. The van der Waals surface area contributed by atoms with Gasteiger partial charge in [-0.05, 0) is 55.5 Å². The minimum absolute atomic E-state index is 0.122. The Morgan fingerprint density at radius 3 is 2.52 bits per heavy atom. The first kappa shape index (κ1) is 17.5. The predicted octanol–water partition coefficient (Wildman–Crippen LogP) is 4.04. The molecule has 1 amide bonds. The van der Waals surface area contributed by atoms with Crippen molar-refractivity contribution in [2.24, 2.45) is 0 Å². The standard InChI is InChI=1S/C19H20ClNO4/c20-17-11-13(6-7-14-5-4-10-25-14)15(19(23)24)12-16(17)18(22)21-8-2-1-3-9-21/h4-5,10-12H,1-3,6-9H2,(H,23,24). The number of aryl methyl sites for hydroxylation is 2. The van der Waals surface area contributed by atoms with Gasteiger partial charge in [-0.3, -0.25) is 4.79 Å². The molecule has 0 unspecified atom stereocenters. The van der Waals surface area contributed by atoms with E-state index in [1.807, 2.05) is 6.07 Å². The van der Waals surface area contributed by atoms with Crippen LogP contribution in [0.2, 0.25) is 5.02 Å². The number of hydrogen-bond donors (Lipinski definition) is 1. The van der Waals surface area contributed by atoms with Gasteiger partial charge in [-0.25, -0.2) is 4.79 Å². The highest BCUT2D eigenvalue weighted by Gasteiger charge is 2.23. The van der Waals surface area contributed by atoms with Crippen LogP contribution in [0.5, 0.6) is 0 Å². The van der Waals surface area contributed by atoms with Crippen molar-refractivity contribution in [3.05, 3.63) is 58.0 Å². The van der Waals surface area contributed by atoms with Crippen LogP contribution in [0.25, 0.3) is 0 Å². The molecule has 1 aliphatic rings. The maximum atomic E-state index is 12.7. The zero-order valence-electron chi connectivity index (χ0n) is 13.8. The number of amides is 1. The third-order valence-corrected chi connectivity index (χ3v) is 4.83. The molecule has 0 bridgehead atoms. The van der Waals surface area contributed by atoms with E-state index in [2.05, 4.69) is 0 Å². The van der Waals surface area contributed by atoms with Gasteiger partial charge in [0.05, 0.1) is 22.4 Å². The maximum absolute atomic E-state index is 12.7. The number of likely N-dealkylation sites (tertiary alicyclic amines) is 1. The van der Waals surface area contributed by atoms with E-state index >= 15 is 0 Å². The lowest BCUT2D eigenvalue weighted by molar-refractivity contribution is 0.0695. The fourth-order valence-electron chi connectivity index (χ4n) is 3.16. The molecule has 25 heavy (non-hydrogen) atoms. The number of carbonyl (C=O) groups excluding carboxylic acids is 1. The van der Waals surface area contributed by atoms with Crippen molar-refractivity contribution in [3.63, 3.8) is 0 Å². The zero-order chi connectivity index (χ0) is 17.8. The van der Waals surface area contributed by atoms with Gasteiger partial charge in [-0.15, -0.1) is 0 Å². The maximum Gasteiger partial charge on any atom is 0.335 e. The van der Waals surface area contributed by atoms with Crippen LogP contribution in [0.1, 0.15) is 51.3 Å². The molecular formula is C19H20ClNO4. The molecular weight excluding hydrogens is 342 g/mol. The number of rotatable bonds is 5. The Balaban J connectivity index is 1.86. The molecule has 2 heterocycles. The molecule has 3 rings (SSSR count). The highest BCUT2D eigenvalue weighted by Crippen LogP contribution is 2.26. The highest BCUT2D eigenvalue weighted by atomic mass is 35.5. The molecule has 0 atom stereocenters. The Hall–Kier alpha value is -2.27. The van der Waals surface area contributed by atoms with Gasteiger partial charge in [0.25, 0.3) is 5.91 Å². The van der Waals surface area contributed by atoms with Crippen molar-refractivity contribution < 1.29 is 19.1 Å². The number of carboxylic acids is 1. The largest absolute Gasteiger partial charge is 0.478 e. The quantitative estimate of drug-likeness (QED) is 0.872. The van der Waals surface area contributed by atoms with Crippen molar-refractivity contribution in [1.82, 2.24) is 4.90 Å². The highest BCUT2D eigenvalue weighted by molar-refractivity contribution is 6.34. The minimum Gasteiger partial charge on any atom is -0.478 e. The minimum atomic E-state index is -1.06. The summed E-state index contributed by atoms with van der Waals surface area (Å²) in [5, 5.41) is 9.84. The molecule has 0 radical (unpaired) electrons. The average Bonchev–Trinajstić information content (AvgIpc) is 3.13. The number of hydrogen-bond acceptors (Lipinski definition) is 3. The molecule has 1 aliphatic heterocycles. The van der Waals surface area contributed by atoms with Gasteiger partial charge in [-0.1, -0.05) is 11.6 Å². The van der Waals surface area contributed by atoms with Crippen LogP contribution in [0.15, 0.2) is 34.9 Å². The van der Waals surface area contributed by atoms with E-state index in [4.69, 9.17) is 16.0 Å². The lowest BCUT2D eigenvalue weighted by Gasteiger charge is -2.27. The summed E-state index contributed by atoms with van der Waals surface area (Å²) in [7, 11) is 0. The van der Waals surface area contributed by atoms with Crippen LogP contribution in [-0.2, 0) is 12.8 Å². The summed E-state index contributed by atoms with van der Waals surface area (Å²) in [6, 6.07) is 6.65. The molecule has 2 aromatic rings. The summed E-state index contributed by atoms with van der Waals surface area (Å²) in [5.41, 5.74) is 0.989. The van der Waals surface area contributed by atoms with Crippen LogP contribution in [0.4, 0.5) is 0 Å². The lowest BCUT2D eigenvalue weighted by Crippen LogP contribution is -2.35. The third-order valence-electron chi connectivity index (χ3n) is 4.52. The van der Waals surface area contributed by atoms with E-state index in [-0.39, 0.29) is 17.0 Å². The monoisotopic (exact) mass is 361 g/mol. The first-order valence-corrected chi connectivity index (χ1v) is 8.81. The molecule has 1 saturated heterocycles. The number of nitrogens with zero attached hydrogens (tertiary/aromatic N) is 1. The molecule has 5 nitrogen and oxygen atoms in total. The zero-order valence-corrected chi connectivity index (χ0v) is 14.6. The Kier molecular flexibility index (Phi) is 5.43. The Labute approximate surface area is 151 Å². The van der Waals surface area contributed by atoms with E-state index in [1.165, 1.54) is 6.07 Å².